The Morgan fingerprint density at radius 3 is 2.56 bits per heavy atom. The van der Waals surface area contributed by atoms with E-state index >= 15 is 0 Å². The first-order chi connectivity index (χ1) is 8.34. The van der Waals surface area contributed by atoms with E-state index in [4.69, 9.17) is 15.6 Å². The number of ether oxygens (including phenoxy) is 1. The van der Waals surface area contributed by atoms with Gasteiger partial charge in [0.1, 0.15) is 5.75 Å². The molecule has 1 atom stereocenters. The zero-order valence-electron chi connectivity index (χ0n) is 10.00. The molecule has 0 amide bonds. The minimum Gasteiger partial charge on any atom is -0.493 e. The molecule has 6 heteroatoms. The maximum absolute atomic E-state index is 12.8. The summed E-state index contributed by atoms with van der Waals surface area (Å²) in [5.41, 5.74) is 4.87. The second-order valence-electron chi connectivity index (χ2n) is 4.02. The van der Waals surface area contributed by atoms with Crippen LogP contribution < -0.4 is 10.5 Å². The maximum Gasteiger partial charge on any atom is 0.419 e. The first kappa shape index (κ1) is 14.8. The Hall–Kier alpha value is -1.27. The lowest BCUT2D eigenvalue weighted by atomic mass is 10.1. The number of nitrogens with two attached hydrogens (primary N) is 1. The number of alkyl halides is 3. The summed E-state index contributed by atoms with van der Waals surface area (Å²) in [6.07, 6.45) is -4.82. The van der Waals surface area contributed by atoms with Crippen LogP contribution in [0.15, 0.2) is 18.2 Å². The number of hydrogen-bond acceptors (Lipinski definition) is 3. The molecule has 0 aliphatic rings. The molecular formula is C12H16F3NO2. The van der Waals surface area contributed by atoms with Gasteiger partial charge in [-0.2, -0.15) is 13.2 Å². The van der Waals surface area contributed by atoms with E-state index in [0.717, 1.165) is 6.07 Å². The van der Waals surface area contributed by atoms with E-state index < -0.39 is 17.8 Å². The van der Waals surface area contributed by atoms with Crippen LogP contribution in [0.5, 0.6) is 5.75 Å². The van der Waals surface area contributed by atoms with E-state index in [2.05, 4.69) is 0 Å². The molecule has 1 unspecified atom stereocenters. The normalized spacial score (nSPS) is 13.4. The molecule has 0 fully saturated rings. The highest BCUT2D eigenvalue weighted by Crippen LogP contribution is 2.36. The summed E-state index contributed by atoms with van der Waals surface area (Å²) in [6, 6.07) is 3.73. The Balaban J connectivity index is 2.89. The zero-order valence-corrected chi connectivity index (χ0v) is 10.00. The first-order valence-electron chi connectivity index (χ1n) is 5.55. The predicted molar refractivity (Wildman–Crippen MR) is 61.1 cm³/mol. The zero-order chi connectivity index (χ0) is 13.8. The van der Waals surface area contributed by atoms with Gasteiger partial charge < -0.3 is 15.6 Å². The summed E-state index contributed by atoms with van der Waals surface area (Å²) in [7, 11) is 0. The standard InChI is InChI=1S/C12H16F3NO2/c1-8(17)4-5-18-11-3-2-9(7-16)6-10(11)12(13,14)15/h2-3,6,8,17H,4-5,7,16H2,1H3. The van der Waals surface area contributed by atoms with E-state index in [9.17, 15) is 13.2 Å². The molecule has 1 aromatic rings. The van der Waals surface area contributed by atoms with Crippen LogP contribution in [0.3, 0.4) is 0 Å². The molecule has 0 aliphatic heterocycles. The number of aliphatic hydroxyl groups excluding tert-OH is 1. The summed E-state index contributed by atoms with van der Waals surface area (Å²) in [5.74, 6) is -0.236. The van der Waals surface area contributed by atoms with Crippen LogP contribution in [0, 0.1) is 0 Å². The highest BCUT2D eigenvalue weighted by atomic mass is 19.4. The summed E-state index contributed by atoms with van der Waals surface area (Å²) in [5, 5.41) is 9.02. The molecule has 0 heterocycles. The van der Waals surface area contributed by atoms with Crippen molar-refractivity contribution in [1.82, 2.24) is 0 Å². The lowest BCUT2D eigenvalue weighted by Gasteiger charge is -2.15. The molecule has 102 valence electrons. The third kappa shape index (κ3) is 4.19. The van der Waals surface area contributed by atoms with E-state index in [1.807, 2.05) is 0 Å². The van der Waals surface area contributed by atoms with Gasteiger partial charge in [0.15, 0.2) is 0 Å². The van der Waals surface area contributed by atoms with Crippen molar-refractivity contribution in [2.24, 2.45) is 5.73 Å². The maximum atomic E-state index is 12.8. The molecule has 3 N–H and O–H groups in total. The van der Waals surface area contributed by atoms with Crippen LogP contribution in [0.1, 0.15) is 24.5 Å². The van der Waals surface area contributed by atoms with Crippen molar-refractivity contribution >= 4 is 0 Å². The average molecular weight is 263 g/mol. The first-order valence-corrected chi connectivity index (χ1v) is 5.55. The molecule has 0 aliphatic carbocycles. The third-order valence-electron chi connectivity index (χ3n) is 2.38. The molecule has 1 aromatic carbocycles. The average Bonchev–Trinajstić information content (AvgIpc) is 2.27. The van der Waals surface area contributed by atoms with Gasteiger partial charge in [0, 0.05) is 13.0 Å². The minimum absolute atomic E-state index is 0.0305. The second kappa shape index (κ2) is 6.06. The van der Waals surface area contributed by atoms with Crippen molar-refractivity contribution < 1.29 is 23.0 Å². The van der Waals surface area contributed by atoms with E-state index in [1.54, 1.807) is 6.92 Å². The van der Waals surface area contributed by atoms with Crippen LogP contribution in [-0.4, -0.2) is 17.8 Å². The van der Waals surface area contributed by atoms with Gasteiger partial charge in [-0.3, -0.25) is 0 Å². The van der Waals surface area contributed by atoms with Crippen LogP contribution in [-0.2, 0) is 12.7 Å². The number of hydrogen-bond donors (Lipinski definition) is 2. The fourth-order valence-electron chi connectivity index (χ4n) is 1.39. The van der Waals surface area contributed by atoms with E-state index in [1.165, 1.54) is 12.1 Å². The lowest BCUT2D eigenvalue weighted by molar-refractivity contribution is -0.139. The largest absolute Gasteiger partial charge is 0.493 e. The van der Waals surface area contributed by atoms with Gasteiger partial charge >= 0.3 is 6.18 Å². The quantitative estimate of drug-likeness (QED) is 0.857. The smallest absolute Gasteiger partial charge is 0.419 e. The van der Waals surface area contributed by atoms with Crippen molar-refractivity contribution in [3.8, 4) is 5.75 Å². The molecule has 18 heavy (non-hydrogen) atoms. The van der Waals surface area contributed by atoms with E-state index in [-0.39, 0.29) is 25.3 Å². The Bertz CT molecular complexity index is 391. The van der Waals surface area contributed by atoms with Gasteiger partial charge in [0.25, 0.3) is 0 Å². The van der Waals surface area contributed by atoms with Crippen molar-refractivity contribution in [3.05, 3.63) is 29.3 Å². The van der Waals surface area contributed by atoms with Crippen LogP contribution in [0.2, 0.25) is 0 Å². The predicted octanol–water partition coefficient (Wildman–Crippen LogP) is 2.31. The molecule has 0 saturated carbocycles. The Morgan fingerprint density at radius 1 is 1.39 bits per heavy atom. The van der Waals surface area contributed by atoms with Gasteiger partial charge in [-0.15, -0.1) is 0 Å². The van der Waals surface area contributed by atoms with Gasteiger partial charge in [0.2, 0.25) is 0 Å². The number of rotatable bonds is 5. The van der Waals surface area contributed by atoms with Crippen molar-refractivity contribution in [3.63, 3.8) is 0 Å². The van der Waals surface area contributed by atoms with Gasteiger partial charge in [0.05, 0.1) is 18.3 Å². The van der Waals surface area contributed by atoms with E-state index in [0.29, 0.717) is 5.56 Å². The summed E-state index contributed by atoms with van der Waals surface area (Å²) in [6.45, 7) is 1.62. The third-order valence-corrected chi connectivity index (χ3v) is 2.38. The van der Waals surface area contributed by atoms with Crippen molar-refractivity contribution in [1.29, 1.82) is 0 Å². The molecule has 0 spiro atoms. The second-order valence-corrected chi connectivity index (χ2v) is 4.02. The Kier molecular flexibility index (Phi) is 4.98. The monoisotopic (exact) mass is 263 g/mol. The summed E-state index contributed by atoms with van der Waals surface area (Å²) < 4.78 is 43.4. The fourth-order valence-corrected chi connectivity index (χ4v) is 1.39. The molecular weight excluding hydrogens is 247 g/mol. The van der Waals surface area contributed by atoms with Gasteiger partial charge in [-0.1, -0.05) is 6.07 Å². The van der Waals surface area contributed by atoms with Crippen molar-refractivity contribution in [2.45, 2.75) is 32.2 Å². The molecule has 0 bridgehead atoms. The number of aliphatic hydroxyl groups is 1. The van der Waals surface area contributed by atoms with Gasteiger partial charge in [-0.25, -0.2) is 0 Å². The Morgan fingerprint density at radius 2 is 2.06 bits per heavy atom. The topological polar surface area (TPSA) is 55.5 Å². The minimum atomic E-state index is -4.48. The number of halogens is 3. The molecule has 0 radical (unpaired) electrons. The molecule has 3 nitrogen and oxygen atoms in total. The van der Waals surface area contributed by atoms with Crippen LogP contribution >= 0.6 is 0 Å². The number of benzene rings is 1. The summed E-state index contributed by atoms with van der Waals surface area (Å²) in [4.78, 5) is 0. The highest BCUT2D eigenvalue weighted by molar-refractivity contribution is 5.39. The van der Waals surface area contributed by atoms with Gasteiger partial charge in [-0.05, 0) is 24.6 Å². The SMILES string of the molecule is CC(O)CCOc1ccc(CN)cc1C(F)(F)F. The lowest BCUT2D eigenvalue weighted by Crippen LogP contribution is -2.13. The highest BCUT2D eigenvalue weighted by Gasteiger charge is 2.34. The molecule has 0 saturated heterocycles. The van der Waals surface area contributed by atoms with Crippen LogP contribution in [0.4, 0.5) is 13.2 Å². The molecule has 0 aromatic heterocycles. The molecule has 1 rings (SSSR count). The van der Waals surface area contributed by atoms with Crippen molar-refractivity contribution in [2.75, 3.05) is 6.61 Å². The van der Waals surface area contributed by atoms with Crippen LogP contribution in [0.25, 0.3) is 0 Å². The Labute approximate surface area is 103 Å². The fraction of sp³-hybridized carbons (Fsp3) is 0.500. The summed E-state index contributed by atoms with van der Waals surface area (Å²) >= 11 is 0.